The van der Waals surface area contributed by atoms with Crippen LogP contribution in [-0.4, -0.2) is 29.0 Å². The number of allylic oxidation sites excluding steroid dienone is 2. The van der Waals surface area contributed by atoms with E-state index in [1.165, 1.54) is 4.90 Å². The average Bonchev–Trinajstić information content (AvgIpc) is 2.82. The number of imide groups is 1. The van der Waals surface area contributed by atoms with Gasteiger partial charge in [-0.25, -0.2) is 0 Å². The van der Waals surface area contributed by atoms with Crippen LogP contribution in [-0.2, 0) is 9.59 Å². The molecular formula is C13H17NO2S. The van der Waals surface area contributed by atoms with Gasteiger partial charge in [0.05, 0.1) is 11.8 Å². The fourth-order valence-electron chi connectivity index (χ4n) is 3.09. The maximum absolute atomic E-state index is 12.2. The Balaban J connectivity index is 2.32. The molecule has 0 aromatic heterocycles. The molecule has 0 aromatic carbocycles. The number of carbonyl (C=O) groups is 2. The summed E-state index contributed by atoms with van der Waals surface area (Å²) in [6.07, 6.45) is 4.42. The van der Waals surface area contributed by atoms with Crippen LogP contribution in [0.25, 0.3) is 0 Å². The number of thiol groups is 1. The third-order valence-electron chi connectivity index (χ3n) is 3.89. The first kappa shape index (κ1) is 12.4. The molecule has 2 fully saturated rings. The number of fused-ring (bicyclic) bond motifs is 1. The van der Waals surface area contributed by atoms with Crippen molar-refractivity contribution in [3.05, 3.63) is 25.3 Å². The highest BCUT2D eigenvalue weighted by Crippen LogP contribution is 2.48. The molecule has 1 aliphatic carbocycles. The second kappa shape index (κ2) is 4.69. The molecule has 0 aromatic rings. The second-order valence-electron chi connectivity index (χ2n) is 4.64. The summed E-state index contributed by atoms with van der Waals surface area (Å²) in [7, 11) is 0. The lowest BCUT2D eigenvalue weighted by molar-refractivity contribution is -0.140. The molecule has 3 nitrogen and oxygen atoms in total. The molecule has 2 rings (SSSR count). The topological polar surface area (TPSA) is 37.4 Å². The van der Waals surface area contributed by atoms with E-state index in [0.717, 1.165) is 6.42 Å². The maximum Gasteiger partial charge on any atom is 0.233 e. The molecular weight excluding hydrogens is 234 g/mol. The fraction of sp³-hybridized carbons (Fsp3) is 0.538. The number of amides is 2. The Hall–Kier alpha value is -1.03. The van der Waals surface area contributed by atoms with Crippen LogP contribution in [0.15, 0.2) is 25.3 Å². The van der Waals surface area contributed by atoms with Crippen LogP contribution in [0.4, 0.5) is 0 Å². The predicted octanol–water partition coefficient (Wildman–Crippen LogP) is 1.53. The van der Waals surface area contributed by atoms with Gasteiger partial charge in [-0.3, -0.25) is 14.5 Å². The van der Waals surface area contributed by atoms with Crippen molar-refractivity contribution in [2.75, 3.05) is 12.3 Å². The van der Waals surface area contributed by atoms with Gasteiger partial charge in [-0.05, 0) is 18.3 Å². The Morgan fingerprint density at radius 3 is 2.00 bits per heavy atom. The van der Waals surface area contributed by atoms with Crippen LogP contribution in [0.3, 0.4) is 0 Å². The molecule has 2 amide bonds. The summed E-state index contributed by atoms with van der Waals surface area (Å²) < 4.78 is 0. The minimum absolute atomic E-state index is 0.0525. The largest absolute Gasteiger partial charge is 0.281 e. The number of rotatable bonds is 4. The smallest absolute Gasteiger partial charge is 0.233 e. The van der Waals surface area contributed by atoms with Crippen molar-refractivity contribution >= 4 is 24.4 Å². The first-order valence-electron chi connectivity index (χ1n) is 5.86. The van der Waals surface area contributed by atoms with E-state index in [-0.39, 0.29) is 35.5 Å². The average molecular weight is 251 g/mol. The van der Waals surface area contributed by atoms with E-state index in [0.29, 0.717) is 12.3 Å². The third kappa shape index (κ3) is 1.75. The lowest BCUT2D eigenvalue weighted by Crippen LogP contribution is -2.34. The van der Waals surface area contributed by atoms with Gasteiger partial charge in [0, 0.05) is 12.3 Å². The minimum atomic E-state index is -0.220. The molecule has 0 bridgehead atoms. The third-order valence-corrected chi connectivity index (χ3v) is 4.09. The van der Waals surface area contributed by atoms with Crippen molar-refractivity contribution in [3.8, 4) is 0 Å². The Kier molecular flexibility index (Phi) is 3.43. The van der Waals surface area contributed by atoms with Crippen LogP contribution < -0.4 is 0 Å². The Bertz CT molecular complexity index is 348. The molecule has 4 unspecified atom stereocenters. The van der Waals surface area contributed by atoms with Crippen LogP contribution in [0.5, 0.6) is 0 Å². The number of carbonyl (C=O) groups excluding carboxylic acids is 2. The van der Waals surface area contributed by atoms with Crippen molar-refractivity contribution in [2.45, 2.75) is 6.42 Å². The molecule has 17 heavy (non-hydrogen) atoms. The van der Waals surface area contributed by atoms with Crippen molar-refractivity contribution < 1.29 is 9.59 Å². The van der Waals surface area contributed by atoms with Crippen molar-refractivity contribution in [1.29, 1.82) is 0 Å². The first-order chi connectivity index (χ1) is 8.15. The summed E-state index contributed by atoms with van der Waals surface area (Å²) in [5, 5.41) is 0. The monoisotopic (exact) mass is 251 g/mol. The summed E-state index contributed by atoms with van der Waals surface area (Å²) in [5.74, 6) is 0.167. The molecule has 4 atom stereocenters. The Morgan fingerprint density at radius 2 is 1.65 bits per heavy atom. The van der Waals surface area contributed by atoms with Gasteiger partial charge >= 0.3 is 0 Å². The van der Waals surface area contributed by atoms with Gasteiger partial charge in [0.1, 0.15) is 0 Å². The highest BCUT2D eigenvalue weighted by Gasteiger charge is 2.56. The van der Waals surface area contributed by atoms with Crippen molar-refractivity contribution in [3.63, 3.8) is 0 Å². The summed E-state index contributed by atoms with van der Waals surface area (Å²) in [5.41, 5.74) is 0. The lowest BCUT2D eigenvalue weighted by Gasteiger charge is -2.17. The Labute approximate surface area is 107 Å². The molecule has 0 spiro atoms. The van der Waals surface area contributed by atoms with Crippen LogP contribution in [0, 0.1) is 23.7 Å². The quantitative estimate of drug-likeness (QED) is 0.467. The van der Waals surface area contributed by atoms with Gasteiger partial charge in [0.2, 0.25) is 11.8 Å². The highest BCUT2D eigenvalue weighted by atomic mass is 32.1. The van der Waals surface area contributed by atoms with E-state index in [2.05, 4.69) is 25.8 Å². The highest BCUT2D eigenvalue weighted by molar-refractivity contribution is 7.80. The number of hydrogen-bond acceptors (Lipinski definition) is 3. The van der Waals surface area contributed by atoms with Crippen LogP contribution >= 0.6 is 12.6 Å². The van der Waals surface area contributed by atoms with Gasteiger partial charge in [-0.1, -0.05) is 12.2 Å². The molecule has 1 saturated carbocycles. The molecule has 1 aliphatic heterocycles. The molecule has 4 heteroatoms. The molecule has 0 N–H and O–H groups in total. The standard InChI is InChI=1S/C13H17NO2S/c1-3-8-7-9(4-2)11-10(8)12(15)14(5-6-17)13(11)16/h3-4,8-11,17H,1-2,5-7H2. The van der Waals surface area contributed by atoms with E-state index in [9.17, 15) is 9.59 Å². The van der Waals surface area contributed by atoms with E-state index in [1.54, 1.807) is 12.2 Å². The van der Waals surface area contributed by atoms with E-state index >= 15 is 0 Å². The van der Waals surface area contributed by atoms with E-state index in [1.807, 2.05) is 0 Å². The Morgan fingerprint density at radius 1 is 1.18 bits per heavy atom. The lowest BCUT2D eigenvalue weighted by atomic mass is 9.89. The van der Waals surface area contributed by atoms with Gasteiger partial charge in [0.25, 0.3) is 0 Å². The zero-order valence-corrected chi connectivity index (χ0v) is 10.6. The molecule has 92 valence electrons. The molecule has 1 heterocycles. The van der Waals surface area contributed by atoms with Gasteiger partial charge < -0.3 is 0 Å². The first-order valence-corrected chi connectivity index (χ1v) is 6.50. The number of nitrogens with zero attached hydrogens (tertiary/aromatic N) is 1. The van der Waals surface area contributed by atoms with Crippen molar-refractivity contribution in [2.24, 2.45) is 23.7 Å². The molecule has 1 saturated heterocycles. The summed E-state index contributed by atoms with van der Waals surface area (Å²) >= 11 is 4.09. The molecule has 0 radical (unpaired) electrons. The zero-order valence-electron chi connectivity index (χ0n) is 9.71. The summed E-state index contributed by atoms with van der Waals surface area (Å²) in [4.78, 5) is 25.8. The molecule has 2 aliphatic rings. The van der Waals surface area contributed by atoms with Gasteiger partial charge in [0.15, 0.2) is 0 Å². The normalized spacial score (nSPS) is 36.2. The zero-order chi connectivity index (χ0) is 12.6. The van der Waals surface area contributed by atoms with Crippen molar-refractivity contribution in [1.82, 2.24) is 4.90 Å². The predicted molar refractivity (Wildman–Crippen MR) is 69.5 cm³/mol. The number of hydrogen-bond donors (Lipinski definition) is 1. The fourth-order valence-corrected chi connectivity index (χ4v) is 3.29. The number of likely N-dealkylation sites (tertiary alicyclic amines) is 1. The SMILES string of the molecule is C=CC1CC(C=C)C2C(=O)N(CCS)C(=O)C12. The van der Waals surface area contributed by atoms with Gasteiger partial charge in [-0.2, -0.15) is 12.6 Å². The summed E-state index contributed by atoms with van der Waals surface area (Å²) in [6.45, 7) is 7.95. The van der Waals surface area contributed by atoms with Gasteiger partial charge in [-0.15, -0.1) is 13.2 Å². The minimum Gasteiger partial charge on any atom is -0.281 e. The van der Waals surface area contributed by atoms with Crippen LogP contribution in [0.1, 0.15) is 6.42 Å². The van der Waals surface area contributed by atoms with Crippen LogP contribution in [0.2, 0.25) is 0 Å². The van der Waals surface area contributed by atoms with E-state index < -0.39 is 0 Å². The maximum atomic E-state index is 12.2. The summed E-state index contributed by atoms with van der Waals surface area (Å²) in [6, 6.07) is 0. The second-order valence-corrected chi connectivity index (χ2v) is 5.09. The van der Waals surface area contributed by atoms with E-state index in [4.69, 9.17) is 0 Å².